The van der Waals surface area contributed by atoms with Gasteiger partial charge in [-0.1, -0.05) is 26.0 Å². The number of carbonyl (C=O) groups excluding carboxylic acids is 1. The van der Waals surface area contributed by atoms with Crippen LogP contribution in [0.1, 0.15) is 32.3 Å². The fourth-order valence-electron chi connectivity index (χ4n) is 5.58. The molecule has 1 amide bonds. The molecule has 14 heteroatoms. The Morgan fingerprint density at radius 1 is 1.09 bits per heavy atom. The number of hydrogen-bond acceptors (Lipinski definition) is 11. The van der Waals surface area contributed by atoms with Crippen LogP contribution >= 0.6 is 0 Å². The maximum absolute atomic E-state index is 13.8. The molecule has 3 N–H and O–H groups in total. The first-order valence-corrected chi connectivity index (χ1v) is 16.7. The minimum atomic E-state index is -4.06. The highest BCUT2D eigenvalue weighted by Gasteiger charge is 2.44. The number of fused-ring (bicyclic) bond motifs is 2. The van der Waals surface area contributed by atoms with Gasteiger partial charge in [-0.3, -0.25) is 0 Å². The third-order valence-corrected chi connectivity index (χ3v) is 9.73. The molecule has 0 spiro atoms. The zero-order chi connectivity index (χ0) is 32.0. The van der Waals surface area contributed by atoms with Crippen LogP contribution in [0.25, 0.3) is 0 Å². The van der Waals surface area contributed by atoms with Crippen molar-refractivity contribution in [3.05, 3.63) is 48.0 Å². The molecule has 2 fully saturated rings. The Bertz CT molecular complexity index is 1390. The summed E-state index contributed by atoms with van der Waals surface area (Å²) in [5.74, 6) is 1.29. The number of aliphatic hydroxyl groups excluding tert-OH is 2. The predicted octanol–water partition coefficient (Wildman–Crippen LogP) is 2.28. The lowest BCUT2D eigenvalue weighted by atomic mass is 10.0. The van der Waals surface area contributed by atoms with Gasteiger partial charge >= 0.3 is 6.09 Å². The van der Waals surface area contributed by atoms with Gasteiger partial charge in [-0.25, -0.2) is 13.2 Å². The second kappa shape index (κ2) is 15.0. The molecule has 0 saturated carbocycles. The SMILES string of the molecule is CC(C)CN(C[C@@H](O)[C@H](Cc1ccc(OCCCO)cc1)NC(=O)O[C@H]1CO[C@H]2OCC[C@H]21)S(=O)(=O)c1ccc2c(c1)OCO2. The quantitative estimate of drug-likeness (QED) is 0.243. The zero-order valence-corrected chi connectivity index (χ0v) is 26.3. The molecule has 248 valence electrons. The Morgan fingerprint density at radius 2 is 1.87 bits per heavy atom. The molecule has 0 aromatic heterocycles. The van der Waals surface area contributed by atoms with Crippen molar-refractivity contribution in [3.8, 4) is 17.2 Å². The molecule has 13 nitrogen and oxygen atoms in total. The average molecular weight is 651 g/mol. The predicted molar refractivity (Wildman–Crippen MR) is 161 cm³/mol. The standard InChI is InChI=1S/C31H42N2O11S/c1-20(2)16-33(45(37,38)23-8-9-27-28(15-23)43-19-42-27)17-26(35)25(14-21-4-6-22(7-5-21)39-12-3-11-34)32-31(36)44-29-18-41-30-24(29)10-13-40-30/h4-9,15,20,24-26,29-30,34-35H,3,10-14,16-19H2,1-2H3,(H,32,36)/t24-,25-,26+,29-,30+/m0/s1. The second-order valence-corrected chi connectivity index (χ2v) is 13.7. The van der Waals surface area contributed by atoms with Crippen LogP contribution in [-0.2, 0) is 30.7 Å². The van der Waals surface area contributed by atoms with Gasteiger partial charge in [0.25, 0.3) is 0 Å². The number of hydrogen-bond donors (Lipinski definition) is 3. The van der Waals surface area contributed by atoms with Crippen LogP contribution in [0.2, 0.25) is 0 Å². The van der Waals surface area contributed by atoms with Crippen molar-refractivity contribution in [3.63, 3.8) is 0 Å². The van der Waals surface area contributed by atoms with E-state index < -0.39 is 40.7 Å². The number of benzene rings is 2. The van der Waals surface area contributed by atoms with Crippen molar-refractivity contribution < 1.29 is 51.8 Å². The summed E-state index contributed by atoms with van der Waals surface area (Å²) in [5.41, 5.74) is 0.774. The maximum Gasteiger partial charge on any atom is 0.407 e. The van der Waals surface area contributed by atoms with Gasteiger partial charge in [0.05, 0.1) is 42.8 Å². The van der Waals surface area contributed by atoms with E-state index in [9.17, 15) is 18.3 Å². The second-order valence-electron chi connectivity index (χ2n) is 11.8. The Labute approximate surface area is 263 Å². The summed E-state index contributed by atoms with van der Waals surface area (Å²) >= 11 is 0. The van der Waals surface area contributed by atoms with Crippen molar-refractivity contribution in [2.75, 3.05) is 46.3 Å². The fourth-order valence-corrected chi connectivity index (χ4v) is 7.22. The lowest BCUT2D eigenvalue weighted by Gasteiger charge is -2.31. The van der Waals surface area contributed by atoms with Crippen LogP contribution in [0.5, 0.6) is 17.2 Å². The minimum absolute atomic E-state index is 0.00782. The van der Waals surface area contributed by atoms with E-state index in [0.29, 0.717) is 43.3 Å². The summed E-state index contributed by atoms with van der Waals surface area (Å²) in [7, 11) is -4.06. The first-order valence-electron chi connectivity index (χ1n) is 15.2. The number of amides is 1. The highest BCUT2D eigenvalue weighted by molar-refractivity contribution is 7.89. The van der Waals surface area contributed by atoms with Gasteiger partial charge in [0.1, 0.15) is 11.9 Å². The van der Waals surface area contributed by atoms with Gasteiger partial charge in [0.15, 0.2) is 17.8 Å². The van der Waals surface area contributed by atoms with Crippen LogP contribution in [0, 0.1) is 11.8 Å². The van der Waals surface area contributed by atoms with Gasteiger partial charge in [-0.05, 0) is 48.6 Å². The largest absolute Gasteiger partial charge is 0.494 e. The lowest BCUT2D eigenvalue weighted by molar-refractivity contribution is -0.0907. The molecule has 5 atom stereocenters. The highest BCUT2D eigenvalue weighted by Crippen LogP contribution is 2.35. The number of carbonyl (C=O) groups is 1. The van der Waals surface area contributed by atoms with E-state index in [2.05, 4.69) is 5.32 Å². The molecule has 2 aromatic rings. The van der Waals surface area contributed by atoms with Gasteiger partial charge in [-0.2, -0.15) is 4.31 Å². The third kappa shape index (κ3) is 8.37. The van der Waals surface area contributed by atoms with E-state index in [-0.39, 0.29) is 56.2 Å². The topological polar surface area (TPSA) is 162 Å². The molecular formula is C31H42N2O11S. The molecule has 0 bridgehead atoms. The zero-order valence-electron chi connectivity index (χ0n) is 25.5. The average Bonchev–Trinajstić information content (AvgIpc) is 3.76. The molecule has 3 aliphatic rings. The van der Waals surface area contributed by atoms with Gasteiger partial charge in [0, 0.05) is 32.2 Å². The van der Waals surface area contributed by atoms with Gasteiger partial charge in [0.2, 0.25) is 16.8 Å². The van der Waals surface area contributed by atoms with E-state index in [0.717, 1.165) is 5.56 Å². The molecule has 0 radical (unpaired) electrons. The first-order chi connectivity index (χ1) is 21.6. The number of nitrogens with one attached hydrogen (secondary N) is 1. The summed E-state index contributed by atoms with van der Waals surface area (Å²) in [6, 6.07) is 10.6. The van der Waals surface area contributed by atoms with Crippen molar-refractivity contribution in [2.24, 2.45) is 11.8 Å². The summed E-state index contributed by atoms with van der Waals surface area (Å²) < 4.78 is 62.0. The van der Waals surface area contributed by atoms with Crippen LogP contribution in [-0.4, -0.2) is 99.9 Å². The summed E-state index contributed by atoms with van der Waals surface area (Å²) in [4.78, 5) is 13.2. The molecule has 0 unspecified atom stereocenters. The summed E-state index contributed by atoms with van der Waals surface area (Å²) in [6.07, 6.45) is -1.53. The summed E-state index contributed by atoms with van der Waals surface area (Å²) in [5, 5.41) is 23.3. The van der Waals surface area contributed by atoms with Crippen molar-refractivity contribution in [1.82, 2.24) is 9.62 Å². The fraction of sp³-hybridized carbons (Fsp3) is 0.581. The molecule has 0 aliphatic carbocycles. The molecule has 2 aromatic carbocycles. The maximum atomic E-state index is 13.8. The van der Waals surface area contributed by atoms with E-state index >= 15 is 0 Å². The Hall–Kier alpha value is -3.14. The van der Waals surface area contributed by atoms with Crippen LogP contribution < -0.4 is 19.5 Å². The highest BCUT2D eigenvalue weighted by atomic mass is 32.2. The van der Waals surface area contributed by atoms with Crippen molar-refractivity contribution in [1.29, 1.82) is 0 Å². The van der Waals surface area contributed by atoms with E-state index in [1.54, 1.807) is 18.2 Å². The number of nitrogens with zero attached hydrogens (tertiary/aromatic N) is 1. The Kier molecular flexibility index (Phi) is 11.1. The minimum Gasteiger partial charge on any atom is -0.494 e. The number of rotatable bonds is 15. The lowest BCUT2D eigenvalue weighted by Crippen LogP contribution is -2.51. The Morgan fingerprint density at radius 3 is 2.62 bits per heavy atom. The van der Waals surface area contributed by atoms with Crippen LogP contribution in [0.4, 0.5) is 4.79 Å². The van der Waals surface area contributed by atoms with Crippen molar-refractivity contribution in [2.45, 2.75) is 62.5 Å². The van der Waals surface area contributed by atoms with E-state index in [1.807, 2.05) is 26.0 Å². The molecule has 3 heterocycles. The number of ether oxygens (including phenoxy) is 6. The van der Waals surface area contributed by atoms with Crippen LogP contribution in [0.3, 0.4) is 0 Å². The Balaban J connectivity index is 1.33. The van der Waals surface area contributed by atoms with E-state index in [1.165, 1.54) is 16.4 Å². The molecule has 2 saturated heterocycles. The number of sulfonamides is 1. The van der Waals surface area contributed by atoms with Gasteiger partial charge < -0.3 is 44.0 Å². The monoisotopic (exact) mass is 650 g/mol. The molecule has 45 heavy (non-hydrogen) atoms. The third-order valence-electron chi connectivity index (χ3n) is 7.90. The van der Waals surface area contributed by atoms with Gasteiger partial charge in [-0.15, -0.1) is 0 Å². The molecule has 3 aliphatic heterocycles. The molecular weight excluding hydrogens is 608 g/mol. The summed E-state index contributed by atoms with van der Waals surface area (Å²) in [6.45, 7) is 4.76. The van der Waals surface area contributed by atoms with Crippen molar-refractivity contribution >= 4 is 16.1 Å². The smallest absolute Gasteiger partial charge is 0.407 e. The number of alkyl carbamates (subject to hydrolysis) is 1. The first kappa shape index (κ1) is 33.2. The van der Waals surface area contributed by atoms with Crippen LogP contribution in [0.15, 0.2) is 47.4 Å². The number of aliphatic hydroxyl groups is 2. The molecule has 5 rings (SSSR count). The van der Waals surface area contributed by atoms with E-state index in [4.69, 9.17) is 33.5 Å². The normalized spacial score (nSPS) is 22.0.